The van der Waals surface area contributed by atoms with Gasteiger partial charge in [0.25, 0.3) is 0 Å². The van der Waals surface area contributed by atoms with Gasteiger partial charge in [-0.25, -0.2) is 4.85 Å². The van der Waals surface area contributed by atoms with E-state index in [4.69, 9.17) is 6.57 Å². The smallest absolute Gasteiger partial charge is 0.228 e. The minimum Gasteiger partial charge on any atom is -0.389 e. The highest BCUT2D eigenvalue weighted by atomic mass is 32.2. The van der Waals surface area contributed by atoms with Crippen molar-refractivity contribution in [3.8, 4) is 6.07 Å². The van der Waals surface area contributed by atoms with E-state index in [0.29, 0.717) is 27.3 Å². The number of nitriles is 1. The summed E-state index contributed by atoms with van der Waals surface area (Å²) in [7, 11) is 3.29. The Hall–Kier alpha value is -3.62. The van der Waals surface area contributed by atoms with Gasteiger partial charge in [0.1, 0.15) is 11.7 Å². The molecule has 1 aliphatic carbocycles. The Morgan fingerprint density at radius 1 is 1.11 bits per heavy atom. The van der Waals surface area contributed by atoms with E-state index in [0.717, 1.165) is 5.56 Å². The van der Waals surface area contributed by atoms with E-state index in [1.165, 1.54) is 16.7 Å². The van der Waals surface area contributed by atoms with Crippen LogP contribution in [0.1, 0.15) is 28.2 Å². The maximum absolute atomic E-state index is 13.6. The fraction of sp³-hybridized carbons (Fsp3) is 0.250. The van der Waals surface area contributed by atoms with Crippen LogP contribution in [0.3, 0.4) is 0 Å². The number of aliphatic hydroxyl groups is 2. The maximum atomic E-state index is 13.6. The van der Waals surface area contributed by atoms with E-state index in [2.05, 4.69) is 10.9 Å². The van der Waals surface area contributed by atoms with E-state index in [9.17, 15) is 20.3 Å². The molecule has 0 unspecified atom stereocenters. The molecule has 6 nitrogen and oxygen atoms in total. The van der Waals surface area contributed by atoms with Crippen LogP contribution in [-0.4, -0.2) is 41.2 Å². The zero-order valence-corrected chi connectivity index (χ0v) is 20.0. The Balaban J connectivity index is 1.86. The second-order valence-electron chi connectivity index (χ2n) is 9.18. The van der Waals surface area contributed by atoms with Gasteiger partial charge in [0, 0.05) is 24.9 Å². The van der Waals surface area contributed by atoms with Crippen molar-refractivity contribution in [1.82, 2.24) is 4.90 Å². The van der Waals surface area contributed by atoms with Crippen LogP contribution in [0.4, 0.5) is 5.69 Å². The van der Waals surface area contributed by atoms with Gasteiger partial charge in [-0.1, -0.05) is 54.6 Å². The maximum Gasteiger partial charge on any atom is 0.228 e. The summed E-state index contributed by atoms with van der Waals surface area (Å²) in [6.07, 6.45) is -1.41. The molecule has 1 amide bonds. The third-order valence-corrected chi connectivity index (χ3v) is 8.92. The molecule has 0 spiro atoms. The van der Waals surface area contributed by atoms with Crippen LogP contribution < -0.4 is 0 Å². The van der Waals surface area contributed by atoms with Crippen LogP contribution in [0.5, 0.6) is 0 Å². The third kappa shape index (κ3) is 3.06. The molecule has 0 radical (unpaired) electrons. The number of carbonyl (C=O) groups is 1. The van der Waals surface area contributed by atoms with Crippen molar-refractivity contribution in [1.29, 1.82) is 5.26 Å². The monoisotopic (exact) mass is 481 g/mol. The molecule has 5 rings (SSSR count). The number of amides is 1. The van der Waals surface area contributed by atoms with Crippen LogP contribution in [0.2, 0.25) is 0 Å². The lowest BCUT2D eigenvalue weighted by atomic mass is 9.72. The number of benzene rings is 3. The average Bonchev–Trinajstić information content (AvgIpc) is 3.26. The molecule has 1 fully saturated rings. The van der Waals surface area contributed by atoms with E-state index >= 15 is 0 Å². The van der Waals surface area contributed by atoms with Crippen LogP contribution in [0.25, 0.3) is 4.85 Å². The number of rotatable bonds is 3. The molecule has 5 atom stereocenters. The second-order valence-corrected chi connectivity index (χ2v) is 10.5. The molecule has 1 aliphatic heterocycles. The standard InChI is InChI=1S/C28H23N3O3S/c1-30-20-13-14-21-22(15-20)35-28(19-11-9-17(16-29)10-12-19)24(18-7-5-4-6-8-18)23(26(33)31(2)3)25(32)27(21,28)34/h4-15,23-25,32,34H,2-3H3/t23-,24-,25-,27+,28+/m1/s1. The van der Waals surface area contributed by atoms with Crippen molar-refractivity contribution < 1.29 is 15.0 Å². The quantitative estimate of drug-likeness (QED) is 0.549. The first-order chi connectivity index (χ1) is 16.8. The predicted molar refractivity (Wildman–Crippen MR) is 133 cm³/mol. The summed E-state index contributed by atoms with van der Waals surface area (Å²) in [5.74, 6) is -1.79. The summed E-state index contributed by atoms with van der Waals surface area (Å²) in [6.45, 7) is 7.44. The Labute approximate surface area is 208 Å². The SMILES string of the molecule is [C-]#[N+]c1ccc2c(c1)S[C@@]1(c3ccc(C#N)cc3)[C@H](c3ccccc3)[C@@H](C(=O)N(C)C)[C@@H](O)[C@@]21O. The zero-order chi connectivity index (χ0) is 25.0. The topological polar surface area (TPSA) is 88.9 Å². The highest BCUT2D eigenvalue weighted by Gasteiger charge is 2.75. The highest BCUT2D eigenvalue weighted by Crippen LogP contribution is 2.74. The summed E-state index contributed by atoms with van der Waals surface area (Å²) >= 11 is 1.38. The van der Waals surface area contributed by atoms with Crippen molar-refractivity contribution in [2.45, 2.75) is 27.3 Å². The van der Waals surface area contributed by atoms with Gasteiger partial charge in [-0.2, -0.15) is 5.26 Å². The molecule has 0 bridgehead atoms. The van der Waals surface area contributed by atoms with Gasteiger partial charge in [-0.05, 0) is 34.9 Å². The Kier molecular flexibility index (Phi) is 5.45. The van der Waals surface area contributed by atoms with Crippen LogP contribution >= 0.6 is 11.8 Å². The Morgan fingerprint density at radius 2 is 1.80 bits per heavy atom. The lowest BCUT2D eigenvalue weighted by molar-refractivity contribution is -0.142. The molecule has 3 aromatic carbocycles. The van der Waals surface area contributed by atoms with Crippen LogP contribution in [-0.2, 0) is 15.1 Å². The van der Waals surface area contributed by atoms with Crippen molar-refractivity contribution in [2.24, 2.45) is 5.92 Å². The largest absolute Gasteiger partial charge is 0.389 e. The second kappa shape index (κ2) is 8.25. The first-order valence-corrected chi connectivity index (χ1v) is 12.0. The molecule has 174 valence electrons. The summed E-state index contributed by atoms with van der Waals surface area (Å²) in [5, 5.41) is 33.8. The average molecular weight is 482 g/mol. The summed E-state index contributed by atoms with van der Waals surface area (Å²) in [4.78, 5) is 19.3. The van der Waals surface area contributed by atoms with Gasteiger partial charge in [-0.3, -0.25) is 4.79 Å². The number of hydrogen-bond donors (Lipinski definition) is 2. The molecular weight excluding hydrogens is 458 g/mol. The molecule has 0 aromatic heterocycles. The highest BCUT2D eigenvalue weighted by molar-refractivity contribution is 8.00. The number of fused-ring (bicyclic) bond motifs is 3. The molecule has 0 saturated heterocycles. The minimum absolute atomic E-state index is 0.276. The number of thioether (sulfide) groups is 1. The molecule has 2 N–H and O–H groups in total. The van der Waals surface area contributed by atoms with Gasteiger partial charge in [0.2, 0.25) is 5.91 Å². The molecule has 2 aliphatic rings. The Morgan fingerprint density at radius 3 is 2.40 bits per heavy atom. The normalized spacial score (nSPS) is 28.5. The van der Waals surface area contributed by atoms with Gasteiger partial charge in [-0.15, -0.1) is 11.8 Å². The number of hydrogen-bond acceptors (Lipinski definition) is 5. The summed E-state index contributed by atoms with van der Waals surface area (Å²) < 4.78 is -1.18. The van der Waals surface area contributed by atoms with Gasteiger partial charge in [0.05, 0.1) is 28.9 Å². The zero-order valence-electron chi connectivity index (χ0n) is 19.2. The van der Waals surface area contributed by atoms with Crippen molar-refractivity contribution in [3.63, 3.8) is 0 Å². The Bertz CT molecular complexity index is 1390. The van der Waals surface area contributed by atoms with Crippen LogP contribution in [0, 0.1) is 23.8 Å². The van der Waals surface area contributed by atoms with E-state index in [1.54, 1.807) is 56.6 Å². The third-order valence-electron chi connectivity index (χ3n) is 7.23. The molecule has 35 heavy (non-hydrogen) atoms. The lowest BCUT2D eigenvalue weighted by Crippen LogP contribution is -2.48. The number of carbonyl (C=O) groups excluding carboxylic acids is 1. The minimum atomic E-state index is -1.82. The fourth-order valence-electron chi connectivity index (χ4n) is 5.73. The summed E-state index contributed by atoms with van der Waals surface area (Å²) in [5.41, 5.74) is 1.10. The van der Waals surface area contributed by atoms with Crippen molar-refractivity contribution in [3.05, 3.63) is 106 Å². The molecule has 7 heteroatoms. The first-order valence-electron chi connectivity index (χ1n) is 11.2. The number of aliphatic hydroxyl groups excluding tert-OH is 1. The predicted octanol–water partition coefficient (Wildman–Crippen LogP) is 4.16. The van der Waals surface area contributed by atoms with E-state index in [-0.39, 0.29) is 5.91 Å². The fourth-order valence-corrected chi connectivity index (χ4v) is 7.64. The molecule has 3 aromatic rings. The van der Waals surface area contributed by atoms with Crippen molar-refractivity contribution in [2.75, 3.05) is 14.1 Å². The van der Waals surface area contributed by atoms with E-state index in [1.807, 2.05) is 30.3 Å². The first kappa shape index (κ1) is 23.1. The number of nitrogens with zero attached hydrogens (tertiary/aromatic N) is 3. The van der Waals surface area contributed by atoms with Gasteiger partial charge < -0.3 is 15.1 Å². The molecular formula is C28H23N3O3S. The lowest BCUT2D eigenvalue weighted by Gasteiger charge is -2.41. The van der Waals surface area contributed by atoms with Crippen molar-refractivity contribution >= 4 is 23.4 Å². The van der Waals surface area contributed by atoms with Crippen LogP contribution in [0.15, 0.2) is 77.7 Å². The van der Waals surface area contributed by atoms with E-state index < -0.39 is 28.3 Å². The van der Waals surface area contributed by atoms with Gasteiger partial charge >= 0.3 is 0 Å². The molecule has 1 saturated carbocycles. The molecule has 1 heterocycles. The summed E-state index contributed by atoms with van der Waals surface area (Å²) in [6, 6.07) is 23.6. The van der Waals surface area contributed by atoms with Gasteiger partial charge in [0.15, 0.2) is 5.69 Å².